The van der Waals surface area contributed by atoms with Crippen LogP contribution >= 0.6 is 0 Å². The highest BCUT2D eigenvalue weighted by molar-refractivity contribution is 6.10. The molecule has 0 spiro atoms. The third-order valence-electron chi connectivity index (χ3n) is 4.23. The molecule has 0 aliphatic carbocycles. The van der Waals surface area contributed by atoms with Gasteiger partial charge >= 0.3 is 6.03 Å². The Morgan fingerprint density at radius 1 is 1.12 bits per heavy atom. The summed E-state index contributed by atoms with van der Waals surface area (Å²) in [5.41, 5.74) is 1.14. The van der Waals surface area contributed by atoms with E-state index in [4.69, 9.17) is 0 Å². The molecule has 1 heterocycles. The van der Waals surface area contributed by atoms with Gasteiger partial charge in [0.2, 0.25) is 5.91 Å². The zero-order chi connectivity index (χ0) is 18.0. The molecule has 2 aromatic carbocycles. The van der Waals surface area contributed by atoms with Gasteiger partial charge in [-0.1, -0.05) is 42.5 Å². The number of amides is 4. The van der Waals surface area contributed by atoms with Crippen LogP contribution in [0, 0.1) is 6.92 Å². The third-order valence-corrected chi connectivity index (χ3v) is 4.23. The van der Waals surface area contributed by atoms with Crippen molar-refractivity contribution in [2.24, 2.45) is 0 Å². The monoisotopic (exact) mass is 337 g/mol. The first kappa shape index (κ1) is 16.7. The Morgan fingerprint density at radius 3 is 2.52 bits per heavy atom. The average molecular weight is 337 g/mol. The molecule has 0 unspecified atom stereocenters. The molecule has 2 aromatic rings. The lowest BCUT2D eigenvalue weighted by atomic mass is 9.92. The lowest BCUT2D eigenvalue weighted by Crippen LogP contribution is -2.42. The minimum atomic E-state index is -1.16. The summed E-state index contributed by atoms with van der Waals surface area (Å²) in [5.74, 6) is -0.866. The van der Waals surface area contributed by atoms with Gasteiger partial charge in [0.05, 0.1) is 0 Å². The number of rotatable bonds is 4. The summed E-state index contributed by atoms with van der Waals surface area (Å²) in [6.07, 6.45) is 0. The summed E-state index contributed by atoms with van der Waals surface area (Å²) in [7, 11) is 0. The molecule has 0 radical (unpaired) electrons. The van der Waals surface area contributed by atoms with Crippen molar-refractivity contribution in [3.63, 3.8) is 0 Å². The van der Waals surface area contributed by atoms with Crippen molar-refractivity contribution in [2.45, 2.75) is 19.4 Å². The van der Waals surface area contributed by atoms with Gasteiger partial charge in [-0.25, -0.2) is 4.79 Å². The number of hydrogen-bond donors (Lipinski definition) is 2. The largest absolute Gasteiger partial charge is 0.325 e. The molecule has 0 saturated carbocycles. The Morgan fingerprint density at radius 2 is 1.84 bits per heavy atom. The molecule has 0 aromatic heterocycles. The van der Waals surface area contributed by atoms with Crippen LogP contribution in [0.3, 0.4) is 0 Å². The maximum atomic E-state index is 12.7. The van der Waals surface area contributed by atoms with Crippen molar-refractivity contribution in [3.8, 4) is 0 Å². The summed E-state index contributed by atoms with van der Waals surface area (Å²) in [6.45, 7) is 3.22. The van der Waals surface area contributed by atoms with Crippen LogP contribution in [0.4, 0.5) is 10.5 Å². The number of carbonyl (C=O) groups excluding carboxylic acids is 3. The minimum Gasteiger partial charge on any atom is -0.325 e. The highest BCUT2D eigenvalue weighted by Gasteiger charge is 2.49. The number of benzene rings is 2. The summed E-state index contributed by atoms with van der Waals surface area (Å²) in [5, 5.41) is 5.39. The number of aryl methyl sites for hydroxylation is 1. The van der Waals surface area contributed by atoms with E-state index in [1.165, 1.54) is 0 Å². The quantitative estimate of drug-likeness (QED) is 0.841. The fourth-order valence-electron chi connectivity index (χ4n) is 2.87. The van der Waals surface area contributed by atoms with E-state index in [1.54, 1.807) is 37.3 Å². The fraction of sp³-hybridized carbons (Fsp3) is 0.211. The van der Waals surface area contributed by atoms with Crippen molar-refractivity contribution in [2.75, 3.05) is 11.9 Å². The van der Waals surface area contributed by atoms with Crippen LogP contribution in [0.1, 0.15) is 18.1 Å². The molecule has 2 N–H and O–H groups in total. The first-order chi connectivity index (χ1) is 11.9. The van der Waals surface area contributed by atoms with Gasteiger partial charge in [-0.15, -0.1) is 0 Å². The minimum absolute atomic E-state index is 0.332. The Kier molecular flexibility index (Phi) is 4.27. The predicted molar refractivity (Wildman–Crippen MR) is 93.8 cm³/mol. The highest BCUT2D eigenvalue weighted by atomic mass is 16.2. The number of carbonyl (C=O) groups is 3. The van der Waals surface area contributed by atoms with Gasteiger partial charge in [0, 0.05) is 5.69 Å². The standard InChI is InChI=1S/C19H19N3O3/c1-13-7-6-10-15(11-13)20-16(23)12-22-17(24)19(2,21-18(22)25)14-8-4-3-5-9-14/h3-11H,12H2,1-2H3,(H,20,23)(H,21,25)/t19-/m1/s1. The lowest BCUT2D eigenvalue weighted by Gasteiger charge is -2.22. The maximum absolute atomic E-state index is 12.7. The molecule has 4 amide bonds. The van der Waals surface area contributed by atoms with Gasteiger partial charge in [-0.3, -0.25) is 14.5 Å². The van der Waals surface area contributed by atoms with Crippen LogP contribution in [-0.2, 0) is 15.1 Å². The Labute approximate surface area is 145 Å². The third kappa shape index (κ3) is 3.24. The number of nitrogens with one attached hydrogen (secondary N) is 2. The number of imide groups is 1. The molecule has 6 nitrogen and oxygen atoms in total. The van der Waals surface area contributed by atoms with E-state index in [0.29, 0.717) is 11.3 Å². The van der Waals surface area contributed by atoms with Crippen LogP contribution in [0.5, 0.6) is 0 Å². The van der Waals surface area contributed by atoms with Gasteiger partial charge in [-0.05, 0) is 37.1 Å². The smallest absolute Gasteiger partial charge is 0.325 e. The second kappa shape index (κ2) is 6.39. The van der Waals surface area contributed by atoms with E-state index in [-0.39, 0.29) is 6.54 Å². The zero-order valence-corrected chi connectivity index (χ0v) is 14.1. The Balaban J connectivity index is 1.74. The molecule has 0 bridgehead atoms. The molecule has 128 valence electrons. The topological polar surface area (TPSA) is 78.5 Å². The van der Waals surface area contributed by atoms with Crippen molar-refractivity contribution < 1.29 is 14.4 Å². The molecule has 1 atom stereocenters. The Hall–Kier alpha value is -3.15. The maximum Gasteiger partial charge on any atom is 0.325 e. The van der Waals surface area contributed by atoms with Gasteiger partial charge < -0.3 is 10.6 Å². The van der Waals surface area contributed by atoms with Crippen LogP contribution < -0.4 is 10.6 Å². The van der Waals surface area contributed by atoms with Gasteiger partial charge in [0.25, 0.3) is 5.91 Å². The average Bonchev–Trinajstić information content (AvgIpc) is 2.80. The fourth-order valence-corrected chi connectivity index (χ4v) is 2.87. The highest BCUT2D eigenvalue weighted by Crippen LogP contribution is 2.28. The molecule has 25 heavy (non-hydrogen) atoms. The zero-order valence-electron chi connectivity index (χ0n) is 14.1. The van der Waals surface area contributed by atoms with Crippen LogP contribution in [0.2, 0.25) is 0 Å². The Bertz CT molecular complexity index is 835. The van der Waals surface area contributed by atoms with Crippen LogP contribution in [0.15, 0.2) is 54.6 Å². The van der Waals surface area contributed by atoms with E-state index < -0.39 is 23.4 Å². The first-order valence-corrected chi connectivity index (χ1v) is 7.96. The van der Waals surface area contributed by atoms with Crippen molar-refractivity contribution >= 4 is 23.5 Å². The van der Waals surface area contributed by atoms with Gasteiger partial charge in [0.1, 0.15) is 12.1 Å². The molecule has 6 heteroatoms. The number of nitrogens with zero attached hydrogens (tertiary/aromatic N) is 1. The van der Waals surface area contributed by atoms with Crippen molar-refractivity contribution in [1.29, 1.82) is 0 Å². The molecule has 3 rings (SSSR count). The van der Waals surface area contributed by atoms with E-state index in [9.17, 15) is 14.4 Å². The van der Waals surface area contributed by atoms with E-state index in [2.05, 4.69) is 10.6 Å². The summed E-state index contributed by atoms with van der Waals surface area (Å²) >= 11 is 0. The van der Waals surface area contributed by atoms with Gasteiger partial charge in [-0.2, -0.15) is 0 Å². The number of anilines is 1. The molecular formula is C19H19N3O3. The first-order valence-electron chi connectivity index (χ1n) is 7.96. The number of hydrogen-bond acceptors (Lipinski definition) is 3. The summed E-state index contributed by atoms with van der Waals surface area (Å²) in [6, 6.07) is 15.7. The predicted octanol–water partition coefficient (Wildman–Crippen LogP) is 2.40. The summed E-state index contributed by atoms with van der Waals surface area (Å²) in [4.78, 5) is 38.1. The second-order valence-corrected chi connectivity index (χ2v) is 6.23. The molecule has 1 aliphatic heterocycles. The van der Waals surface area contributed by atoms with Gasteiger partial charge in [0.15, 0.2) is 0 Å². The molecule has 1 saturated heterocycles. The summed E-state index contributed by atoms with van der Waals surface area (Å²) < 4.78 is 0. The molecule has 1 fully saturated rings. The normalized spacial score (nSPS) is 19.7. The molecule has 1 aliphatic rings. The van der Waals surface area contributed by atoms with Crippen molar-refractivity contribution in [1.82, 2.24) is 10.2 Å². The lowest BCUT2D eigenvalue weighted by molar-refractivity contribution is -0.133. The number of urea groups is 1. The van der Waals surface area contributed by atoms with Crippen LogP contribution in [-0.4, -0.2) is 29.3 Å². The molecular weight excluding hydrogens is 318 g/mol. The van der Waals surface area contributed by atoms with E-state index >= 15 is 0 Å². The SMILES string of the molecule is Cc1cccc(NC(=O)CN2C(=O)N[C@](C)(c3ccccc3)C2=O)c1. The van der Waals surface area contributed by atoms with Crippen LogP contribution in [0.25, 0.3) is 0 Å². The van der Waals surface area contributed by atoms with Crippen molar-refractivity contribution in [3.05, 3.63) is 65.7 Å². The van der Waals surface area contributed by atoms with E-state index in [0.717, 1.165) is 10.5 Å². The van der Waals surface area contributed by atoms with E-state index in [1.807, 2.05) is 31.2 Å². The second-order valence-electron chi connectivity index (χ2n) is 6.23.